The lowest BCUT2D eigenvalue weighted by atomic mass is 10.2. The number of nitrogens with one attached hydrogen (secondary N) is 1. The Morgan fingerprint density at radius 1 is 1.17 bits per heavy atom. The van der Waals surface area contributed by atoms with E-state index in [0.29, 0.717) is 16.4 Å². The maximum absolute atomic E-state index is 13.9. The fourth-order valence-electron chi connectivity index (χ4n) is 2.50. The quantitative estimate of drug-likeness (QED) is 0.759. The predicted octanol–water partition coefficient (Wildman–Crippen LogP) is 4.53. The zero-order valence-electron chi connectivity index (χ0n) is 13.2. The number of hydrogen-bond acceptors (Lipinski definition) is 2. The van der Waals surface area contributed by atoms with Gasteiger partial charge in [-0.3, -0.25) is 4.79 Å². The number of hydrogen-bond donors (Lipinski definition) is 1. The van der Waals surface area contributed by atoms with Gasteiger partial charge in [0.1, 0.15) is 5.82 Å². The van der Waals surface area contributed by atoms with E-state index in [-0.39, 0.29) is 5.56 Å². The lowest BCUT2D eigenvalue weighted by Gasteiger charge is -2.13. The van der Waals surface area contributed by atoms with Gasteiger partial charge in [-0.15, -0.1) is 0 Å². The molecule has 0 atom stereocenters. The van der Waals surface area contributed by atoms with Crippen LogP contribution in [0.3, 0.4) is 0 Å². The minimum atomic E-state index is -0.625. The van der Waals surface area contributed by atoms with Crippen LogP contribution in [0.25, 0.3) is 5.69 Å². The molecule has 0 spiro atoms. The Kier molecular flexibility index (Phi) is 4.36. The normalized spacial score (nSPS) is 10.7. The minimum Gasteiger partial charge on any atom is -0.320 e. The van der Waals surface area contributed by atoms with Gasteiger partial charge in [-0.1, -0.05) is 23.7 Å². The molecule has 0 aliphatic carbocycles. The van der Waals surface area contributed by atoms with Gasteiger partial charge in [0.15, 0.2) is 0 Å². The number of carbonyl (C=O) groups excluding carboxylic acids is 1. The van der Waals surface area contributed by atoms with Crippen molar-refractivity contribution in [3.8, 4) is 5.69 Å². The first kappa shape index (κ1) is 16.2. The van der Waals surface area contributed by atoms with Crippen molar-refractivity contribution < 1.29 is 9.18 Å². The van der Waals surface area contributed by atoms with E-state index < -0.39 is 11.7 Å². The Morgan fingerprint density at radius 2 is 1.92 bits per heavy atom. The van der Waals surface area contributed by atoms with Gasteiger partial charge in [0.25, 0.3) is 5.91 Å². The molecule has 1 aromatic heterocycles. The van der Waals surface area contributed by atoms with Crippen molar-refractivity contribution >= 4 is 23.2 Å². The molecular weight excluding hydrogens is 329 g/mol. The summed E-state index contributed by atoms with van der Waals surface area (Å²) in [6.45, 7) is 3.82. The topological polar surface area (TPSA) is 46.9 Å². The Hall–Kier alpha value is -2.66. The molecule has 3 aromatic rings. The van der Waals surface area contributed by atoms with E-state index in [1.54, 1.807) is 16.8 Å². The molecule has 24 heavy (non-hydrogen) atoms. The summed E-state index contributed by atoms with van der Waals surface area (Å²) in [6.07, 6.45) is 0. The van der Waals surface area contributed by atoms with E-state index in [2.05, 4.69) is 10.4 Å². The third kappa shape index (κ3) is 3.16. The number of rotatable bonds is 3. The van der Waals surface area contributed by atoms with Gasteiger partial charge in [0.05, 0.1) is 22.6 Å². The lowest BCUT2D eigenvalue weighted by Crippen LogP contribution is -2.16. The molecule has 4 nitrogen and oxygen atoms in total. The Bertz CT molecular complexity index is 920. The van der Waals surface area contributed by atoms with Gasteiger partial charge in [-0.25, -0.2) is 9.07 Å². The number of aryl methyl sites for hydroxylation is 2. The first-order valence-electron chi connectivity index (χ1n) is 7.35. The van der Waals surface area contributed by atoms with Crippen LogP contribution in [-0.2, 0) is 0 Å². The Labute approximate surface area is 143 Å². The van der Waals surface area contributed by atoms with Crippen LogP contribution in [0.1, 0.15) is 21.7 Å². The zero-order chi connectivity index (χ0) is 17.3. The van der Waals surface area contributed by atoms with Crippen LogP contribution >= 0.6 is 11.6 Å². The van der Waals surface area contributed by atoms with Gasteiger partial charge in [-0.2, -0.15) is 5.10 Å². The summed E-state index contributed by atoms with van der Waals surface area (Å²) in [5.41, 5.74) is 2.94. The molecule has 122 valence electrons. The molecule has 3 rings (SSSR count). The molecular formula is C18H15ClFN3O. The molecule has 0 saturated carbocycles. The summed E-state index contributed by atoms with van der Waals surface area (Å²) in [5.74, 6) is -1.19. The summed E-state index contributed by atoms with van der Waals surface area (Å²) in [4.78, 5) is 12.4. The number of nitrogens with zero attached hydrogens (tertiary/aromatic N) is 2. The average molecular weight is 344 g/mol. The molecule has 0 radical (unpaired) electrons. The maximum atomic E-state index is 13.9. The predicted molar refractivity (Wildman–Crippen MR) is 92.4 cm³/mol. The van der Waals surface area contributed by atoms with Crippen LogP contribution < -0.4 is 5.32 Å². The van der Waals surface area contributed by atoms with Gasteiger partial charge in [0, 0.05) is 10.7 Å². The summed E-state index contributed by atoms with van der Waals surface area (Å²) in [5, 5.41) is 7.45. The molecule has 1 amide bonds. The van der Waals surface area contributed by atoms with Crippen molar-refractivity contribution in [1.82, 2.24) is 9.78 Å². The smallest absolute Gasteiger partial charge is 0.258 e. The summed E-state index contributed by atoms with van der Waals surface area (Å²) in [6, 6.07) is 13.0. The zero-order valence-corrected chi connectivity index (χ0v) is 13.9. The number of carbonyl (C=O) groups is 1. The number of halogens is 2. The van der Waals surface area contributed by atoms with Gasteiger partial charge >= 0.3 is 0 Å². The molecule has 2 aromatic carbocycles. The summed E-state index contributed by atoms with van der Waals surface area (Å²) >= 11 is 5.85. The standard InChI is InChI=1S/C18H15ClFN3O/c1-11-9-12(2)23(22-11)17-6-4-3-5-16(17)21-18(24)14-10-13(19)7-8-15(14)20/h3-10H,1-2H3,(H,21,24). The van der Waals surface area contributed by atoms with Crippen LogP contribution in [0.5, 0.6) is 0 Å². The largest absolute Gasteiger partial charge is 0.320 e. The fraction of sp³-hybridized carbons (Fsp3) is 0.111. The van der Waals surface area contributed by atoms with Crippen LogP contribution in [0.15, 0.2) is 48.5 Å². The van der Waals surface area contributed by atoms with Crippen molar-refractivity contribution in [2.24, 2.45) is 0 Å². The van der Waals surface area contributed by atoms with E-state index in [4.69, 9.17) is 11.6 Å². The van der Waals surface area contributed by atoms with Crippen molar-refractivity contribution in [2.75, 3.05) is 5.32 Å². The van der Waals surface area contributed by atoms with E-state index >= 15 is 0 Å². The molecule has 0 aliphatic heterocycles. The van der Waals surface area contributed by atoms with Gasteiger partial charge in [-0.05, 0) is 50.2 Å². The monoisotopic (exact) mass is 343 g/mol. The summed E-state index contributed by atoms with van der Waals surface area (Å²) in [7, 11) is 0. The second-order valence-corrected chi connectivity index (χ2v) is 5.87. The van der Waals surface area contributed by atoms with Crippen LogP contribution in [0.2, 0.25) is 5.02 Å². The second-order valence-electron chi connectivity index (χ2n) is 5.43. The summed E-state index contributed by atoms with van der Waals surface area (Å²) < 4.78 is 15.6. The van der Waals surface area contributed by atoms with E-state index in [0.717, 1.165) is 11.4 Å². The second kappa shape index (κ2) is 6.45. The van der Waals surface area contributed by atoms with E-state index in [1.807, 2.05) is 32.0 Å². The highest BCUT2D eigenvalue weighted by Gasteiger charge is 2.15. The van der Waals surface area contributed by atoms with Gasteiger partial charge < -0.3 is 5.32 Å². The van der Waals surface area contributed by atoms with E-state index in [9.17, 15) is 9.18 Å². The third-order valence-electron chi connectivity index (χ3n) is 3.56. The number of benzene rings is 2. The SMILES string of the molecule is Cc1cc(C)n(-c2ccccc2NC(=O)c2cc(Cl)ccc2F)n1. The van der Waals surface area contributed by atoms with Crippen molar-refractivity contribution in [2.45, 2.75) is 13.8 Å². The molecule has 0 bridgehead atoms. The molecule has 0 saturated heterocycles. The lowest BCUT2D eigenvalue weighted by molar-refractivity contribution is 0.102. The van der Waals surface area contributed by atoms with Crippen molar-refractivity contribution in [3.63, 3.8) is 0 Å². The molecule has 0 fully saturated rings. The number of para-hydroxylation sites is 2. The van der Waals surface area contributed by atoms with Crippen molar-refractivity contribution in [1.29, 1.82) is 0 Å². The maximum Gasteiger partial charge on any atom is 0.258 e. The van der Waals surface area contributed by atoms with E-state index in [1.165, 1.54) is 18.2 Å². The van der Waals surface area contributed by atoms with Crippen LogP contribution in [0, 0.1) is 19.7 Å². The molecule has 1 N–H and O–H groups in total. The minimum absolute atomic E-state index is 0.106. The number of anilines is 1. The highest BCUT2D eigenvalue weighted by Crippen LogP contribution is 2.23. The third-order valence-corrected chi connectivity index (χ3v) is 3.80. The molecule has 6 heteroatoms. The van der Waals surface area contributed by atoms with Crippen LogP contribution in [-0.4, -0.2) is 15.7 Å². The molecule has 1 heterocycles. The number of aromatic nitrogens is 2. The van der Waals surface area contributed by atoms with Gasteiger partial charge in [0.2, 0.25) is 0 Å². The Morgan fingerprint density at radius 3 is 2.62 bits per heavy atom. The highest BCUT2D eigenvalue weighted by atomic mass is 35.5. The first-order chi connectivity index (χ1) is 11.5. The average Bonchev–Trinajstić information content (AvgIpc) is 2.88. The Balaban J connectivity index is 1.98. The molecule has 0 unspecified atom stereocenters. The molecule has 0 aliphatic rings. The van der Waals surface area contributed by atoms with Crippen molar-refractivity contribution in [3.05, 3.63) is 76.3 Å². The first-order valence-corrected chi connectivity index (χ1v) is 7.72. The van der Waals surface area contributed by atoms with Crippen LogP contribution in [0.4, 0.5) is 10.1 Å². The highest BCUT2D eigenvalue weighted by molar-refractivity contribution is 6.31. The number of amides is 1. The fourth-order valence-corrected chi connectivity index (χ4v) is 2.67.